The molecule has 3 aromatic rings. The fraction of sp³-hybridized carbons (Fsp3) is 0.0952. The highest BCUT2D eigenvalue weighted by Gasteiger charge is 2.09. The Hall–Kier alpha value is -4.07. The average Bonchev–Trinajstić information content (AvgIpc) is 2.74. The minimum Gasteiger partial charge on any atom is -0.445 e. The molecule has 148 valence electrons. The normalized spacial score (nSPS) is 10.2. The van der Waals surface area contributed by atoms with Gasteiger partial charge in [0.05, 0.1) is 17.6 Å². The van der Waals surface area contributed by atoms with Crippen molar-refractivity contribution >= 4 is 29.1 Å². The van der Waals surface area contributed by atoms with Crippen LogP contribution in [-0.2, 0) is 17.9 Å². The summed E-state index contributed by atoms with van der Waals surface area (Å²) in [5.74, 6) is -0.287. The van der Waals surface area contributed by atoms with Crippen LogP contribution < -0.4 is 22.1 Å². The second-order valence-corrected chi connectivity index (χ2v) is 6.29. The molecular weight excluding hydrogens is 370 g/mol. The van der Waals surface area contributed by atoms with Gasteiger partial charge < -0.3 is 26.8 Å². The lowest BCUT2D eigenvalue weighted by atomic mass is 10.1. The molecule has 8 nitrogen and oxygen atoms in total. The van der Waals surface area contributed by atoms with E-state index in [4.69, 9.17) is 16.2 Å². The minimum absolute atomic E-state index is 0.156. The van der Waals surface area contributed by atoms with Crippen LogP contribution in [0.25, 0.3) is 0 Å². The van der Waals surface area contributed by atoms with Crippen molar-refractivity contribution in [2.45, 2.75) is 13.2 Å². The third-order valence-corrected chi connectivity index (χ3v) is 4.10. The molecular formula is C21H21N5O3. The fourth-order valence-electron chi connectivity index (χ4n) is 2.48. The lowest BCUT2D eigenvalue weighted by Crippen LogP contribution is -2.23. The number of carbonyl (C=O) groups is 2. The minimum atomic E-state index is -0.531. The highest BCUT2D eigenvalue weighted by Crippen LogP contribution is 2.16. The van der Waals surface area contributed by atoms with Gasteiger partial charge in [-0.25, -0.2) is 4.79 Å². The first-order valence-electron chi connectivity index (χ1n) is 8.86. The molecule has 6 N–H and O–H groups in total. The molecule has 0 saturated heterocycles. The van der Waals surface area contributed by atoms with Crippen LogP contribution in [0.3, 0.4) is 0 Å². The summed E-state index contributed by atoms with van der Waals surface area (Å²) < 4.78 is 5.16. The van der Waals surface area contributed by atoms with E-state index in [9.17, 15) is 9.59 Å². The van der Waals surface area contributed by atoms with Crippen molar-refractivity contribution in [2.75, 3.05) is 16.8 Å². The molecule has 0 fully saturated rings. The summed E-state index contributed by atoms with van der Waals surface area (Å²) in [7, 11) is 0. The lowest BCUT2D eigenvalue weighted by Gasteiger charge is -2.09. The number of hydrogen-bond donors (Lipinski definition) is 4. The summed E-state index contributed by atoms with van der Waals surface area (Å²) in [5.41, 5.74) is 15.1. The number of aromatic nitrogens is 1. The maximum Gasteiger partial charge on any atom is 0.407 e. The van der Waals surface area contributed by atoms with Gasteiger partial charge in [-0.3, -0.25) is 9.78 Å². The highest BCUT2D eigenvalue weighted by molar-refractivity contribution is 6.05. The van der Waals surface area contributed by atoms with Gasteiger partial charge in [0.1, 0.15) is 6.61 Å². The van der Waals surface area contributed by atoms with Gasteiger partial charge in [0.15, 0.2) is 0 Å². The Labute approximate surface area is 167 Å². The SMILES string of the molecule is Nc1ccc(COC(=O)NCc2ccc(C(=O)Nc3ccncc3N)cc2)cc1. The molecule has 0 saturated carbocycles. The number of anilines is 3. The molecule has 1 heterocycles. The smallest absolute Gasteiger partial charge is 0.407 e. The zero-order valence-electron chi connectivity index (χ0n) is 15.6. The van der Waals surface area contributed by atoms with Crippen molar-refractivity contribution in [2.24, 2.45) is 0 Å². The van der Waals surface area contributed by atoms with Crippen LogP contribution in [0.15, 0.2) is 67.0 Å². The van der Waals surface area contributed by atoms with Crippen LogP contribution in [0.4, 0.5) is 21.9 Å². The van der Waals surface area contributed by atoms with E-state index in [0.29, 0.717) is 22.6 Å². The third-order valence-electron chi connectivity index (χ3n) is 4.10. The number of nitrogens with two attached hydrogens (primary N) is 2. The monoisotopic (exact) mass is 391 g/mol. The van der Waals surface area contributed by atoms with Crippen molar-refractivity contribution < 1.29 is 14.3 Å². The van der Waals surface area contributed by atoms with Crippen LogP contribution in [0.2, 0.25) is 0 Å². The first-order chi connectivity index (χ1) is 14.0. The predicted molar refractivity (Wildman–Crippen MR) is 111 cm³/mol. The molecule has 0 atom stereocenters. The number of nitrogen functional groups attached to an aromatic ring is 2. The van der Waals surface area contributed by atoms with Crippen molar-refractivity contribution in [3.63, 3.8) is 0 Å². The number of carbonyl (C=O) groups excluding carboxylic acids is 2. The Bertz CT molecular complexity index is 988. The molecule has 2 aromatic carbocycles. The van der Waals surface area contributed by atoms with E-state index < -0.39 is 6.09 Å². The van der Waals surface area contributed by atoms with Gasteiger partial charge in [-0.05, 0) is 41.5 Å². The molecule has 8 heteroatoms. The van der Waals surface area contributed by atoms with E-state index in [1.54, 1.807) is 60.8 Å². The first kappa shape index (κ1) is 19.7. The quantitative estimate of drug-likeness (QED) is 0.478. The van der Waals surface area contributed by atoms with E-state index in [-0.39, 0.29) is 19.1 Å². The summed E-state index contributed by atoms with van der Waals surface area (Å²) >= 11 is 0. The van der Waals surface area contributed by atoms with Gasteiger partial charge in [-0.15, -0.1) is 0 Å². The van der Waals surface area contributed by atoms with Crippen LogP contribution in [0.1, 0.15) is 21.5 Å². The molecule has 1 aromatic heterocycles. The molecule has 3 rings (SSSR count). The maximum atomic E-state index is 12.3. The number of rotatable bonds is 6. The molecule has 0 aliphatic heterocycles. The number of hydrogen-bond acceptors (Lipinski definition) is 6. The van der Waals surface area contributed by atoms with E-state index in [2.05, 4.69) is 15.6 Å². The summed E-state index contributed by atoms with van der Waals surface area (Å²) in [6, 6.07) is 15.6. The Morgan fingerprint density at radius 3 is 2.31 bits per heavy atom. The number of alkyl carbamates (subject to hydrolysis) is 1. The van der Waals surface area contributed by atoms with Gasteiger partial charge in [0.2, 0.25) is 0 Å². The number of pyridine rings is 1. The number of amides is 2. The maximum absolute atomic E-state index is 12.3. The van der Waals surface area contributed by atoms with Crippen molar-refractivity contribution in [1.29, 1.82) is 0 Å². The number of ether oxygens (including phenoxy) is 1. The zero-order valence-corrected chi connectivity index (χ0v) is 15.6. The van der Waals surface area contributed by atoms with E-state index in [1.807, 2.05) is 0 Å². The zero-order chi connectivity index (χ0) is 20.6. The van der Waals surface area contributed by atoms with Crippen molar-refractivity contribution in [3.8, 4) is 0 Å². The first-order valence-corrected chi connectivity index (χ1v) is 8.86. The second kappa shape index (κ2) is 9.23. The highest BCUT2D eigenvalue weighted by atomic mass is 16.5. The van der Waals surface area contributed by atoms with Crippen LogP contribution in [-0.4, -0.2) is 17.0 Å². The van der Waals surface area contributed by atoms with Crippen molar-refractivity contribution in [3.05, 3.63) is 83.7 Å². The Morgan fingerprint density at radius 1 is 0.931 bits per heavy atom. The molecule has 0 aliphatic rings. The molecule has 0 spiro atoms. The molecule has 0 radical (unpaired) electrons. The van der Waals surface area contributed by atoms with Crippen LogP contribution in [0, 0.1) is 0 Å². The Kier molecular flexibility index (Phi) is 6.26. The molecule has 29 heavy (non-hydrogen) atoms. The second-order valence-electron chi connectivity index (χ2n) is 6.29. The van der Waals surface area contributed by atoms with E-state index >= 15 is 0 Å². The van der Waals surface area contributed by atoms with Crippen LogP contribution >= 0.6 is 0 Å². The number of nitrogens with one attached hydrogen (secondary N) is 2. The Morgan fingerprint density at radius 2 is 1.62 bits per heavy atom. The van der Waals surface area contributed by atoms with E-state index in [0.717, 1.165) is 11.1 Å². The Balaban J connectivity index is 1.47. The lowest BCUT2D eigenvalue weighted by molar-refractivity contribution is 0.102. The standard InChI is InChI=1S/C21H21N5O3/c22-17-7-3-15(4-8-17)13-29-21(28)25-11-14-1-5-16(6-2-14)20(27)26-19-9-10-24-12-18(19)23/h1-10,12H,11,13,22-23H2,(H,25,28)(H,24,26,27). The molecule has 0 unspecified atom stereocenters. The van der Waals surface area contributed by atoms with Gasteiger partial charge >= 0.3 is 6.09 Å². The summed E-state index contributed by atoms with van der Waals surface area (Å²) in [6.45, 7) is 0.434. The van der Waals surface area contributed by atoms with Gasteiger partial charge in [0.25, 0.3) is 5.91 Å². The van der Waals surface area contributed by atoms with Gasteiger partial charge in [0, 0.05) is 24.0 Å². The summed E-state index contributed by atoms with van der Waals surface area (Å²) in [6.07, 6.45) is 2.49. The largest absolute Gasteiger partial charge is 0.445 e. The topological polar surface area (TPSA) is 132 Å². The summed E-state index contributed by atoms with van der Waals surface area (Å²) in [4.78, 5) is 28.0. The number of benzene rings is 2. The predicted octanol–water partition coefficient (Wildman–Crippen LogP) is 2.92. The summed E-state index contributed by atoms with van der Waals surface area (Å²) in [5, 5.41) is 5.40. The van der Waals surface area contributed by atoms with Crippen LogP contribution in [0.5, 0.6) is 0 Å². The van der Waals surface area contributed by atoms with Gasteiger partial charge in [-0.1, -0.05) is 24.3 Å². The van der Waals surface area contributed by atoms with Gasteiger partial charge in [-0.2, -0.15) is 0 Å². The average molecular weight is 391 g/mol. The fourth-order valence-corrected chi connectivity index (χ4v) is 2.48. The molecule has 0 bridgehead atoms. The molecule has 2 amide bonds. The number of nitrogens with zero attached hydrogens (tertiary/aromatic N) is 1. The van der Waals surface area contributed by atoms with Crippen molar-refractivity contribution in [1.82, 2.24) is 10.3 Å². The third kappa shape index (κ3) is 5.70. The van der Waals surface area contributed by atoms with E-state index in [1.165, 1.54) is 6.20 Å². The molecule has 0 aliphatic carbocycles.